The highest BCUT2D eigenvalue weighted by molar-refractivity contribution is 6.03. The van der Waals surface area contributed by atoms with Crippen LogP contribution in [-0.4, -0.2) is 48.0 Å². The van der Waals surface area contributed by atoms with E-state index in [-0.39, 0.29) is 11.3 Å². The van der Waals surface area contributed by atoms with E-state index in [0.29, 0.717) is 5.95 Å². The lowest BCUT2D eigenvalue weighted by molar-refractivity contribution is 0.102. The Morgan fingerprint density at radius 1 is 1.22 bits per heavy atom. The van der Waals surface area contributed by atoms with E-state index in [1.807, 2.05) is 14.1 Å². The summed E-state index contributed by atoms with van der Waals surface area (Å²) in [5.74, 6) is -0.471. The van der Waals surface area contributed by atoms with E-state index < -0.39 is 11.7 Å². The van der Waals surface area contributed by atoms with Crippen LogP contribution in [0.2, 0.25) is 0 Å². The van der Waals surface area contributed by atoms with E-state index in [4.69, 9.17) is 0 Å². The third-order valence-corrected chi connectivity index (χ3v) is 3.10. The van der Waals surface area contributed by atoms with Crippen molar-refractivity contribution >= 4 is 17.5 Å². The summed E-state index contributed by atoms with van der Waals surface area (Å²) < 4.78 is 13.5. The van der Waals surface area contributed by atoms with Crippen LogP contribution in [0, 0.1) is 5.82 Å². The SMILES string of the molecule is CN(C)CCCNc1ncc(C(=O)Nc2ccccc2F)cn1. The van der Waals surface area contributed by atoms with Gasteiger partial charge >= 0.3 is 0 Å². The van der Waals surface area contributed by atoms with Crippen molar-refractivity contribution in [2.75, 3.05) is 37.8 Å². The first-order valence-electron chi connectivity index (χ1n) is 7.33. The van der Waals surface area contributed by atoms with Gasteiger partial charge in [0.1, 0.15) is 5.82 Å². The normalized spacial score (nSPS) is 10.6. The molecule has 0 aliphatic carbocycles. The second-order valence-electron chi connectivity index (χ2n) is 5.31. The third kappa shape index (κ3) is 5.30. The Bertz CT molecular complexity index is 645. The number of para-hydroxylation sites is 1. The number of halogens is 1. The molecule has 1 aromatic heterocycles. The van der Waals surface area contributed by atoms with Crippen molar-refractivity contribution in [1.82, 2.24) is 14.9 Å². The highest BCUT2D eigenvalue weighted by atomic mass is 19.1. The van der Waals surface area contributed by atoms with Gasteiger partial charge in [-0.15, -0.1) is 0 Å². The first-order chi connectivity index (χ1) is 11.1. The molecular weight excluding hydrogens is 297 g/mol. The Labute approximate surface area is 134 Å². The van der Waals surface area contributed by atoms with Crippen LogP contribution in [0.25, 0.3) is 0 Å². The molecule has 122 valence electrons. The van der Waals surface area contributed by atoms with Gasteiger partial charge in [-0.05, 0) is 39.2 Å². The number of carbonyl (C=O) groups excluding carboxylic acids is 1. The first-order valence-corrected chi connectivity index (χ1v) is 7.33. The molecule has 0 aliphatic heterocycles. The maximum Gasteiger partial charge on any atom is 0.258 e. The Hall–Kier alpha value is -2.54. The van der Waals surface area contributed by atoms with Crippen LogP contribution in [0.3, 0.4) is 0 Å². The molecule has 0 bridgehead atoms. The molecule has 6 nitrogen and oxygen atoms in total. The number of aromatic nitrogens is 2. The minimum atomic E-state index is -0.485. The maximum atomic E-state index is 13.5. The van der Waals surface area contributed by atoms with Gasteiger partial charge in [0, 0.05) is 18.9 Å². The molecule has 7 heteroatoms. The molecule has 0 radical (unpaired) electrons. The number of hydrogen-bond acceptors (Lipinski definition) is 5. The molecule has 0 spiro atoms. The summed E-state index contributed by atoms with van der Waals surface area (Å²) in [6, 6.07) is 5.99. The number of hydrogen-bond donors (Lipinski definition) is 2. The largest absolute Gasteiger partial charge is 0.354 e. The Balaban J connectivity index is 1.89. The summed E-state index contributed by atoms with van der Waals surface area (Å²) in [7, 11) is 4.03. The van der Waals surface area contributed by atoms with Crippen LogP contribution in [0.5, 0.6) is 0 Å². The van der Waals surface area contributed by atoms with Crippen molar-refractivity contribution in [3.05, 3.63) is 48.0 Å². The summed E-state index contributed by atoms with van der Waals surface area (Å²) >= 11 is 0. The lowest BCUT2D eigenvalue weighted by atomic mass is 10.2. The smallest absolute Gasteiger partial charge is 0.258 e. The van der Waals surface area contributed by atoms with Crippen molar-refractivity contribution in [3.8, 4) is 0 Å². The Morgan fingerprint density at radius 3 is 2.57 bits per heavy atom. The van der Waals surface area contributed by atoms with E-state index in [1.54, 1.807) is 12.1 Å². The highest BCUT2D eigenvalue weighted by Gasteiger charge is 2.10. The van der Waals surface area contributed by atoms with Crippen molar-refractivity contribution in [2.24, 2.45) is 0 Å². The average Bonchev–Trinajstić information content (AvgIpc) is 2.54. The van der Waals surface area contributed by atoms with E-state index >= 15 is 0 Å². The van der Waals surface area contributed by atoms with Crippen LogP contribution < -0.4 is 10.6 Å². The number of amides is 1. The average molecular weight is 317 g/mol. The number of nitrogens with one attached hydrogen (secondary N) is 2. The summed E-state index contributed by atoms with van der Waals surface area (Å²) in [5.41, 5.74) is 0.399. The van der Waals surface area contributed by atoms with Crippen molar-refractivity contribution in [1.29, 1.82) is 0 Å². The van der Waals surface area contributed by atoms with Gasteiger partial charge in [-0.2, -0.15) is 0 Å². The number of anilines is 2. The van der Waals surface area contributed by atoms with E-state index in [2.05, 4.69) is 25.5 Å². The van der Waals surface area contributed by atoms with Gasteiger partial charge in [-0.1, -0.05) is 12.1 Å². The summed E-state index contributed by atoms with van der Waals surface area (Å²) in [5, 5.41) is 5.58. The summed E-state index contributed by atoms with van der Waals surface area (Å²) in [6.07, 6.45) is 3.79. The van der Waals surface area contributed by atoms with Gasteiger partial charge in [0.25, 0.3) is 5.91 Å². The molecule has 2 N–H and O–H groups in total. The minimum absolute atomic E-state index is 0.128. The molecule has 1 aromatic carbocycles. The van der Waals surface area contributed by atoms with Gasteiger partial charge in [0.15, 0.2) is 0 Å². The number of benzene rings is 1. The van der Waals surface area contributed by atoms with Gasteiger partial charge in [0.2, 0.25) is 5.95 Å². The van der Waals surface area contributed by atoms with Crippen molar-refractivity contribution < 1.29 is 9.18 Å². The van der Waals surface area contributed by atoms with Crippen LogP contribution in [0.15, 0.2) is 36.7 Å². The molecule has 1 heterocycles. The lowest BCUT2D eigenvalue weighted by Gasteiger charge is -2.10. The highest BCUT2D eigenvalue weighted by Crippen LogP contribution is 2.13. The number of rotatable bonds is 7. The van der Waals surface area contributed by atoms with Gasteiger partial charge in [-0.25, -0.2) is 14.4 Å². The molecule has 0 saturated carbocycles. The molecule has 0 atom stereocenters. The zero-order valence-corrected chi connectivity index (χ0v) is 13.2. The quantitative estimate of drug-likeness (QED) is 0.766. The fraction of sp³-hybridized carbons (Fsp3) is 0.312. The predicted octanol–water partition coefficient (Wildman–Crippen LogP) is 2.23. The topological polar surface area (TPSA) is 70.2 Å². The van der Waals surface area contributed by atoms with Crippen molar-refractivity contribution in [2.45, 2.75) is 6.42 Å². The third-order valence-electron chi connectivity index (χ3n) is 3.10. The van der Waals surface area contributed by atoms with Crippen LogP contribution >= 0.6 is 0 Å². The summed E-state index contributed by atoms with van der Waals surface area (Å²) in [6.45, 7) is 1.72. The Morgan fingerprint density at radius 2 is 1.91 bits per heavy atom. The summed E-state index contributed by atoms with van der Waals surface area (Å²) in [4.78, 5) is 22.3. The van der Waals surface area contributed by atoms with Crippen LogP contribution in [0.4, 0.5) is 16.0 Å². The Kier molecular flexibility index (Phi) is 5.99. The number of nitrogens with zero attached hydrogens (tertiary/aromatic N) is 3. The molecule has 0 unspecified atom stereocenters. The van der Waals surface area contributed by atoms with Gasteiger partial charge in [0.05, 0.1) is 11.3 Å². The van der Waals surface area contributed by atoms with Gasteiger partial charge in [-0.3, -0.25) is 4.79 Å². The molecule has 0 aliphatic rings. The molecular formula is C16H20FN5O. The standard InChI is InChI=1S/C16H20FN5O/c1-22(2)9-5-8-18-16-19-10-12(11-20-16)15(23)21-14-7-4-3-6-13(14)17/h3-4,6-7,10-11H,5,8-9H2,1-2H3,(H,21,23)(H,18,19,20). The number of carbonyl (C=O) groups is 1. The molecule has 0 fully saturated rings. The maximum absolute atomic E-state index is 13.5. The molecule has 0 saturated heterocycles. The second kappa shape index (κ2) is 8.19. The molecule has 23 heavy (non-hydrogen) atoms. The molecule has 1 amide bonds. The fourth-order valence-electron chi connectivity index (χ4n) is 1.89. The second-order valence-corrected chi connectivity index (χ2v) is 5.31. The predicted molar refractivity (Wildman–Crippen MR) is 88.0 cm³/mol. The van der Waals surface area contributed by atoms with E-state index in [1.165, 1.54) is 24.5 Å². The van der Waals surface area contributed by atoms with E-state index in [0.717, 1.165) is 19.5 Å². The zero-order valence-electron chi connectivity index (χ0n) is 13.2. The minimum Gasteiger partial charge on any atom is -0.354 e. The van der Waals surface area contributed by atoms with Crippen molar-refractivity contribution in [3.63, 3.8) is 0 Å². The monoisotopic (exact) mass is 317 g/mol. The lowest BCUT2D eigenvalue weighted by Crippen LogP contribution is -2.17. The fourth-order valence-corrected chi connectivity index (χ4v) is 1.89. The zero-order chi connectivity index (χ0) is 16.7. The van der Waals surface area contributed by atoms with Crippen LogP contribution in [0.1, 0.15) is 16.8 Å². The first kappa shape index (κ1) is 16.8. The molecule has 2 aromatic rings. The van der Waals surface area contributed by atoms with Gasteiger partial charge < -0.3 is 15.5 Å². The van der Waals surface area contributed by atoms with E-state index in [9.17, 15) is 9.18 Å². The molecule has 2 rings (SSSR count). The van der Waals surface area contributed by atoms with Crippen LogP contribution in [-0.2, 0) is 0 Å².